The highest BCUT2D eigenvalue weighted by Crippen LogP contribution is 2.09. The molecule has 1 aliphatic rings. The molecule has 0 N–H and O–H groups in total. The highest BCUT2D eigenvalue weighted by atomic mass is 15.2. The molecule has 14 heavy (non-hydrogen) atoms. The van der Waals surface area contributed by atoms with E-state index in [1.807, 2.05) is 7.05 Å². The smallest absolute Gasteiger partial charge is 0.0717 e. The number of likely N-dealkylation sites (tertiary alicyclic amines) is 1. The monoisotopic (exact) mass is 196 g/mol. The van der Waals surface area contributed by atoms with Crippen molar-refractivity contribution >= 4 is 0 Å². The van der Waals surface area contributed by atoms with Gasteiger partial charge in [0.25, 0.3) is 0 Å². The van der Waals surface area contributed by atoms with E-state index < -0.39 is 0 Å². The summed E-state index contributed by atoms with van der Waals surface area (Å²) in [5.74, 6) is 0.324. The fraction of sp³-hybridized carbons (Fsp3) is 0.917. The van der Waals surface area contributed by atoms with E-state index in [1.54, 1.807) is 0 Å². The zero-order valence-corrected chi connectivity index (χ0v) is 9.92. The van der Waals surface area contributed by atoms with Gasteiger partial charge in [-0.05, 0) is 7.05 Å². The van der Waals surface area contributed by atoms with E-state index >= 15 is 0 Å². The first-order valence-corrected chi connectivity index (χ1v) is 5.82. The lowest BCUT2D eigenvalue weighted by Gasteiger charge is -2.30. The van der Waals surface area contributed by atoms with Gasteiger partial charge in [0.2, 0.25) is 0 Å². The van der Waals surface area contributed by atoms with E-state index in [4.69, 9.17) is 5.26 Å². The topological polar surface area (TPSA) is 27.0 Å². The zero-order valence-electron chi connectivity index (χ0n) is 9.92. The van der Waals surface area contributed by atoms with Gasteiger partial charge in [-0.1, -0.05) is 46.0 Å². The minimum atomic E-state index is 0.324. The van der Waals surface area contributed by atoms with Crippen molar-refractivity contribution < 1.29 is 0 Å². The molecule has 82 valence electrons. The van der Waals surface area contributed by atoms with Crippen LogP contribution in [0.2, 0.25) is 0 Å². The first kappa shape index (κ1) is 13.4. The van der Waals surface area contributed by atoms with Crippen LogP contribution >= 0.6 is 0 Å². The van der Waals surface area contributed by atoms with Crippen molar-refractivity contribution in [1.29, 1.82) is 5.26 Å². The molecular formula is C12H24N2. The minimum Gasteiger partial charge on any atom is -0.304 e. The summed E-state index contributed by atoms with van der Waals surface area (Å²) in [5.41, 5.74) is 0. The van der Waals surface area contributed by atoms with Gasteiger partial charge in [0.05, 0.1) is 12.0 Å². The van der Waals surface area contributed by atoms with Crippen molar-refractivity contribution in [1.82, 2.24) is 4.90 Å². The second-order valence-corrected chi connectivity index (χ2v) is 4.11. The molecule has 1 fully saturated rings. The molecule has 0 aromatic rings. The molecule has 0 aromatic carbocycles. The lowest BCUT2D eigenvalue weighted by molar-refractivity contribution is 0.175. The fourth-order valence-electron chi connectivity index (χ4n) is 1.46. The Morgan fingerprint density at radius 1 is 1.14 bits per heavy atom. The molecule has 0 bridgehead atoms. The summed E-state index contributed by atoms with van der Waals surface area (Å²) in [5, 5.41) is 8.23. The maximum absolute atomic E-state index is 8.23. The average Bonchev–Trinajstić information content (AvgIpc) is 2.15. The standard InChI is InChI=1S/C7H16.C5H8N2/c1-3-5-7-6-4-2;1-7-3-5(2-6)4-7/h3-7H2,1-2H3;5H,3-4H2,1H3. The van der Waals surface area contributed by atoms with Gasteiger partial charge in [-0.15, -0.1) is 0 Å². The Hall–Kier alpha value is -0.550. The molecular weight excluding hydrogens is 172 g/mol. The summed E-state index contributed by atoms with van der Waals surface area (Å²) in [4.78, 5) is 2.13. The molecule has 1 aliphatic heterocycles. The summed E-state index contributed by atoms with van der Waals surface area (Å²) in [6, 6.07) is 2.19. The van der Waals surface area contributed by atoms with Crippen molar-refractivity contribution in [3.8, 4) is 6.07 Å². The molecule has 0 aromatic heterocycles. The van der Waals surface area contributed by atoms with E-state index in [0.29, 0.717) is 5.92 Å². The number of unbranched alkanes of at least 4 members (excludes halogenated alkanes) is 4. The van der Waals surface area contributed by atoms with Crippen LogP contribution in [0.5, 0.6) is 0 Å². The SMILES string of the molecule is CCCCCCC.CN1CC(C#N)C1. The maximum atomic E-state index is 8.23. The van der Waals surface area contributed by atoms with Gasteiger partial charge in [-0.25, -0.2) is 0 Å². The predicted molar refractivity (Wildman–Crippen MR) is 61.0 cm³/mol. The third kappa shape index (κ3) is 6.91. The van der Waals surface area contributed by atoms with Crippen molar-refractivity contribution in [2.75, 3.05) is 20.1 Å². The molecule has 2 heteroatoms. The fourth-order valence-corrected chi connectivity index (χ4v) is 1.46. The van der Waals surface area contributed by atoms with Crippen LogP contribution in [0.1, 0.15) is 46.0 Å². The Labute approximate surface area is 88.9 Å². The van der Waals surface area contributed by atoms with Crippen molar-refractivity contribution in [3.05, 3.63) is 0 Å². The van der Waals surface area contributed by atoms with E-state index in [1.165, 1.54) is 32.1 Å². The molecule has 1 rings (SSSR count). The molecule has 0 saturated carbocycles. The summed E-state index contributed by atoms with van der Waals surface area (Å²) >= 11 is 0. The third-order valence-corrected chi connectivity index (χ3v) is 2.45. The van der Waals surface area contributed by atoms with Gasteiger partial charge in [-0.3, -0.25) is 0 Å². The number of hydrogen-bond donors (Lipinski definition) is 0. The van der Waals surface area contributed by atoms with Crippen LogP contribution in [0.25, 0.3) is 0 Å². The number of rotatable bonds is 4. The van der Waals surface area contributed by atoms with E-state index in [9.17, 15) is 0 Å². The lowest BCUT2D eigenvalue weighted by atomic mass is 10.0. The number of nitrogens with zero attached hydrogens (tertiary/aromatic N) is 2. The Morgan fingerprint density at radius 2 is 1.64 bits per heavy atom. The molecule has 0 spiro atoms. The summed E-state index contributed by atoms with van der Waals surface area (Å²) in [7, 11) is 2.02. The first-order valence-electron chi connectivity index (χ1n) is 5.82. The van der Waals surface area contributed by atoms with Crippen LogP contribution in [-0.2, 0) is 0 Å². The van der Waals surface area contributed by atoms with Crippen molar-refractivity contribution in [3.63, 3.8) is 0 Å². The van der Waals surface area contributed by atoms with Crippen LogP contribution in [0.4, 0.5) is 0 Å². The molecule has 0 atom stereocenters. The van der Waals surface area contributed by atoms with E-state index in [2.05, 4.69) is 24.8 Å². The van der Waals surface area contributed by atoms with Gasteiger partial charge in [0.1, 0.15) is 0 Å². The molecule has 1 saturated heterocycles. The highest BCUT2D eigenvalue weighted by molar-refractivity contribution is 4.93. The normalized spacial score (nSPS) is 16.4. The van der Waals surface area contributed by atoms with Gasteiger partial charge in [0, 0.05) is 13.1 Å². The molecule has 0 amide bonds. The van der Waals surface area contributed by atoms with Crippen molar-refractivity contribution in [2.24, 2.45) is 5.92 Å². The minimum absolute atomic E-state index is 0.324. The quantitative estimate of drug-likeness (QED) is 0.646. The second-order valence-electron chi connectivity index (χ2n) is 4.11. The molecule has 0 unspecified atom stereocenters. The van der Waals surface area contributed by atoms with Gasteiger partial charge >= 0.3 is 0 Å². The van der Waals surface area contributed by atoms with E-state index in [-0.39, 0.29) is 0 Å². The highest BCUT2D eigenvalue weighted by Gasteiger charge is 2.21. The van der Waals surface area contributed by atoms with Crippen molar-refractivity contribution in [2.45, 2.75) is 46.0 Å². The van der Waals surface area contributed by atoms with E-state index in [0.717, 1.165) is 13.1 Å². The van der Waals surface area contributed by atoms with Crippen LogP contribution < -0.4 is 0 Å². The maximum Gasteiger partial charge on any atom is 0.0717 e. The molecule has 2 nitrogen and oxygen atoms in total. The Kier molecular flexibility index (Phi) is 8.67. The Bertz CT molecular complexity index is 150. The molecule has 0 aliphatic carbocycles. The summed E-state index contributed by atoms with van der Waals surface area (Å²) < 4.78 is 0. The lowest BCUT2D eigenvalue weighted by Crippen LogP contribution is -2.42. The van der Waals surface area contributed by atoms with Crippen LogP contribution in [0.15, 0.2) is 0 Å². The second kappa shape index (κ2) is 9.02. The Balaban J connectivity index is 0.000000241. The summed E-state index contributed by atoms with van der Waals surface area (Å²) in [6.45, 7) is 6.43. The first-order chi connectivity index (χ1) is 6.74. The van der Waals surface area contributed by atoms with Gasteiger partial charge in [-0.2, -0.15) is 5.26 Å². The van der Waals surface area contributed by atoms with Gasteiger partial charge < -0.3 is 4.90 Å². The average molecular weight is 196 g/mol. The van der Waals surface area contributed by atoms with Gasteiger partial charge in [0.15, 0.2) is 0 Å². The number of nitriles is 1. The summed E-state index contributed by atoms with van der Waals surface area (Å²) in [6.07, 6.45) is 7.01. The number of hydrogen-bond acceptors (Lipinski definition) is 2. The van der Waals surface area contributed by atoms with Crippen LogP contribution in [0.3, 0.4) is 0 Å². The third-order valence-electron chi connectivity index (χ3n) is 2.45. The molecule has 0 radical (unpaired) electrons. The zero-order chi connectivity index (χ0) is 10.8. The molecule has 1 heterocycles. The largest absolute Gasteiger partial charge is 0.304 e. The Morgan fingerprint density at radius 3 is 1.86 bits per heavy atom. The predicted octanol–water partition coefficient (Wildman–Crippen LogP) is 3.05. The van der Waals surface area contributed by atoms with Crippen LogP contribution in [0, 0.1) is 17.2 Å². The van der Waals surface area contributed by atoms with Crippen LogP contribution in [-0.4, -0.2) is 25.0 Å².